The predicted octanol–water partition coefficient (Wildman–Crippen LogP) is 7.53. The van der Waals surface area contributed by atoms with Gasteiger partial charge in [-0.25, -0.2) is 0 Å². The first-order valence-corrected chi connectivity index (χ1v) is 10.2. The quantitative estimate of drug-likeness (QED) is 0.223. The summed E-state index contributed by atoms with van der Waals surface area (Å²) in [6.07, 6.45) is 0. The molecule has 0 aliphatic rings. The molecule has 0 aromatic heterocycles. The van der Waals surface area contributed by atoms with Crippen LogP contribution in [0.4, 0.5) is 0 Å². The van der Waals surface area contributed by atoms with E-state index in [9.17, 15) is 4.79 Å². The van der Waals surface area contributed by atoms with Crippen LogP contribution in [0.5, 0.6) is 0 Å². The summed E-state index contributed by atoms with van der Waals surface area (Å²) in [7, 11) is 0. The maximum absolute atomic E-state index is 13.4. The third-order valence-corrected chi connectivity index (χ3v) is 6.02. The van der Waals surface area contributed by atoms with Crippen LogP contribution in [0.25, 0.3) is 43.1 Å². The number of hydrogen-bond acceptors (Lipinski definition) is 1. The van der Waals surface area contributed by atoms with Crippen LogP contribution in [0.3, 0.4) is 0 Å². The maximum atomic E-state index is 13.4. The molecule has 6 rings (SSSR count). The van der Waals surface area contributed by atoms with E-state index in [0.29, 0.717) is 0 Å². The van der Waals surface area contributed by atoms with Crippen LogP contribution in [0.2, 0.25) is 0 Å². The molecule has 0 fully saturated rings. The molecule has 6 aromatic rings. The Morgan fingerprint density at radius 3 is 1.23 bits per heavy atom. The standard InChI is InChI=1S/C29H18O/c30-29(23-15-13-21-11-9-19-5-1-3-7-25(19)27(21)17-23)24-16-14-22-12-10-20-6-2-4-8-26(20)28(22)18-24/h1-18H. The highest BCUT2D eigenvalue weighted by molar-refractivity contribution is 6.17. The topological polar surface area (TPSA) is 17.1 Å². The summed E-state index contributed by atoms with van der Waals surface area (Å²) >= 11 is 0. The lowest BCUT2D eigenvalue weighted by atomic mass is 9.94. The molecule has 0 spiro atoms. The van der Waals surface area contributed by atoms with E-state index in [1.807, 2.05) is 60.7 Å². The van der Waals surface area contributed by atoms with Crippen molar-refractivity contribution >= 4 is 48.9 Å². The van der Waals surface area contributed by atoms with Crippen LogP contribution in [-0.2, 0) is 0 Å². The average Bonchev–Trinajstić information content (AvgIpc) is 2.82. The van der Waals surface area contributed by atoms with Gasteiger partial charge in [-0.3, -0.25) is 4.79 Å². The van der Waals surface area contributed by atoms with Gasteiger partial charge in [0.05, 0.1) is 0 Å². The van der Waals surface area contributed by atoms with Gasteiger partial charge in [0.15, 0.2) is 5.78 Å². The minimum Gasteiger partial charge on any atom is -0.289 e. The molecule has 0 bridgehead atoms. The zero-order chi connectivity index (χ0) is 20.1. The summed E-state index contributed by atoms with van der Waals surface area (Å²) in [4.78, 5) is 13.4. The van der Waals surface area contributed by atoms with Gasteiger partial charge < -0.3 is 0 Å². The second-order valence-corrected chi connectivity index (χ2v) is 7.77. The highest BCUT2D eigenvalue weighted by Crippen LogP contribution is 2.29. The number of rotatable bonds is 2. The van der Waals surface area contributed by atoms with E-state index in [1.165, 1.54) is 21.5 Å². The highest BCUT2D eigenvalue weighted by Gasteiger charge is 2.12. The molecule has 0 radical (unpaired) electrons. The van der Waals surface area contributed by atoms with Crippen LogP contribution >= 0.6 is 0 Å². The minimum atomic E-state index is 0.0552. The molecule has 0 saturated heterocycles. The first-order chi connectivity index (χ1) is 14.8. The van der Waals surface area contributed by atoms with E-state index in [0.717, 1.165) is 32.7 Å². The average molecular weight is 382 g/mol. The molecule has 0 aliphatic heterocycles. The summed E-state index contributed by atoms with van der Waals surface area (Å²) in [5.41, 5.74) is 1.44. The first kappa shape index (κ1) is 16.9. The molecular weight excluding hydrogens is 364 g/mol. The van der Waals surface area contributed by atoms with E-state index in [1.54, 1.807) is 0 Å². The summed E-state index contributed by atoms with van der Waals surface area (Å²) in [5, 5.41) is 9.25. The molecule has 6 aromatic carbocycles. The molecule has 1 heteroatoms. The number of carbonyl (C=O) groups excluding carboxylic acids is 1. The molecule has 140 valence electrons. The molecular formula is C29H18O. The lowest BCUT2D eigenvalue weighted by Gasteiger charge is -2.09. The van der Waals surface area contributed by atoms with Crippen molar-refractivity contribution in [1.29, 1.82) is 0 Å². The fraction of sp³-hybridized carbons (Fsp3) is 0. The zero-order valence-electron chi connectivity index (χ0n) is 16.3. The van der Waals surface area contributed by atoms with Crippen molar-refractivity contribution < 1.29 is 4.79 Å². The third kappa shape index (κ3) is 2.60. The largest absolute Gasteiger partial charge is 0.289 e. The number of hydrogen-bond donors (Lipinski definition) is 0. The van der Waals surface area contributed by atoms with E-state index in [-0.39, 0.29) is 5.78 Å². The molecule has 0 heterocycles. The molecule has 1 nitrogen and oxygen atoms in total. The van der Waals surface area contributed by atoms with E-state index in [4.69, 9.17) is 0 Å². The normalized spacial score (nSPS) is 11.5. The molecule has 0 N–H and O–H groups in total. The second kappa shape index (κ2) is 6.53. The summed E-state index contributed by atoms with van der Waals surface area (Å²) in [6.45, 7) is 0. The summed E-state index contributed by atoms with van der Waals surface area (Å²) in [5.74, 6) is 0.0552. The van der Waals surface area contributed by atoms with Crippen LogP contribution in [0, 0.1) is 0 Å². The third-order valence-electron chi connectivity index (χ3n) is 6.02. The first-order valence-electron chi connectivity index (χ1n) is 10.2. The molecule has 0 atom stereocenters. The van der Waals surface area contributed by atoms with Crippen molar-refractivity contribution in [2.45, 2.75) is 0 Å². The SMILES string of the molecule is O=C(c1ccc2ccc3ccccc3c2c1)c1ccc2ccc3ccccc3c2c1. The summed E-state index contributed by atoms with van der Waals surface area (Å²) < 4.78 is 0. The monoisotopic (exact) mass is 382 g/mol. The highest BCUT2D eigenvalue weighted by atomic mass is 16.1. The number of benzene rings is 6. The Kier molecular flexibility index (Phi) is 3.69. The van der Waals surface area contributed by atoms with Gasteiger partial charge in [0.2, 0.25) is 0 Å². The van der Waals surface area contributed by atoms with Crippen molar-refractivity contribution in [3.8, 4) is 0 Å². The predicted molar refractivity (Wildman–Crippen MR) is 126 cm³/mol. The van der Waals surface area contributed by atoms with Crippen molar-refractivity contribution in [1.82, 2.24) is 0 Å². The van der Waals surface area contributed by atoms with Gasteiger partial charge in [0.25, 0.3) is 0 Å². The minimum absolute atomic E-state index is 0.0552. The van der Waals surface area contributed by atoms with E-state index < -0.39 is 0 Å². The molecule has 30 heavy (non-hydrogen) atoms. The van der Waals surface area contributed by atoms with E-state index >= 15 is 0 Å². The van der Waals surface area contributed by atoms with Crippen LogP contribution < -0.4 is 0 Å². The van der Waals surface area contributed by atoms with Gasteiger partial charge in [-0.2, -0.15) is 0 Å². The smallest absolute Gasteiger partial charge is 0.193 e. The van der Waals surface area contributed by atoms with Gasteiger partial charge in [0.1, 0.15) is 0 Å². The Hall–Kier alpha value is -3.97. The van der Waals surface area contributed by atoms with Crippen LogP contribution in [0.15, 0.2) is 109 Å². The lowest BCUT2D eigenvalue weighted by Crippen LogP contribution is -2.01. The molecule has 0 amide bonds. The number of carbonyl (C=O) groups is 1. The Morgan fingerprint density at radius 1 is 0.400 bits per heavy atom. The molecule has 0 unspecified atom stereocenters. The Morgan fingerprint density at radius 2 is 0.767 bits per heavy atom. The van der Waals surface area contributed by atoms with Crippen molar-refractivity contribution in [3.05, 3.63) is 120 Å². The molecule has 0 saturated carbocycles. The number of ketones is 1. The maximum Gasteiger partial charge on any atom is 0.193 e. The Balaban J connectivity index is 1.53. The fourth-order valence-corrected chi connectivity index (χ4v) is 4.45. The van der Waals surface area contributed by atoms with E-state index in [2.05, 4.69) is 48.5 Å². The Labute approximate surface area is 174 Å². The molecule has 0 aliphatic carbocycles. The van der Waals surface area contributed by atoms with Gasteiger partial charge in [-0.1, -0.05) is 97.1 Å². The van der Waals surface area contributed by atoms with Crippen LogP contribution in [0.1, 0.15) is 15.9 Å². The van der Waals surface area contributed by atoms with Crippen LogP contribution in [-0.4, -0.2) is 5.78 Å². The van der Waals surface area contributed by atoms with Gasteiger partial charge >= 0.3 is 0 Å². The van der Waals surface area contributed by atoms with Crippen molar-refractivity contribution in [2.75, 3.05) is 0 Å². The Bertz CT molecular complexity index is 1490. The van der Waals surface area contributed by atoms with Crippen molar-refractivity contribution in [3.63, 3.8) is 0 Å². The van der Waals surface area contributed by atoms with Gasteiger partial charge in [-0.15, -0.1) is 0 Å². The second-order valence-electron chi connectivity index (χ2n) is 7.77. The van der Waals surface area contributed by atoms with Crippen molar-refractivity contribution in [2.24, 2.45) is 0 Å². The number of fused-ring (bicyclic) bond motifs is 6. The fourth-order valence-electron chi connectivity index (χ4n) is 4.45. The lowest BCUT2D eigenvalue weighted by molar-refractivity contribution is 0.103. The summed E-state index contributed by atoms with van der Waals surface area (Å²) in [6, 6.07) is 37.2. The van der Waals surface area contributed by atoms with Gasteiger partial charge in [0, 0.05) is 11.1 Å². The zero-order valence-corrected chi connectivity index (χ0v) is 16.3. The van der Waals surface area contributed by atoms with Gasteiger partial charge in [-0.05, 0) is 55.2 Å².